The van der Waals surface area contributed by atoms with Gasteiger partial charge in [0.05, 0.1) is 24.7 Å². The van der Waals surface area contributed by atoms with Gasteiger partial charge in [-0.05, 0) is 19.9 Å². The molecule has 7 N–H and O–H groups in total. The summed E-state index contributed by atoms with van der Waals surface area (Å²) in [6.45, 7) is 1.66. The molecule has 26 heavy (non-hydrogen) atoms. The van der Waals surface area contributed by atoms with Gasteiger partial charge in [0, 0.05) is 37.2 Å². The number of carbonyl (C=O) groups excluding carboxylic acids is 2. The smallest absolute Gasteiger partial charge is 0.309 e. The van der Waals surface area contributed by atoms with Crippen molar-refractivity contribution in [2.75, 3.05) is 26.7 Å². The maximum Gasteiger partial charge on any atom is 0.309 e. The van der Waals surface area contributed by atoms with Crippen LogP contribution in [0, 0.1) is 11.8 Å². The molecule has 9 nitrogen and oxygen atoms in total. The van der Waals surface area contributed by atoms with Crippen molar-refractivity contribution in [2.45, 2.75) is 38.3 Å². The Morgan fingerprint density at radius 3 is 2.19 bits per heavy atom. The molecule has 1 amide bonds. The topological polar surface area (TPSA) is 167 Å². The number of primary amides is 1. The average molecular weight is 391 g/mol. The molecular weight excluding hydrogens is 362 g/mol. The number of hydrogen-bond acceptors (Lipinski definition) is 8. The Balaban J connectivity index is 4.83. The molecule has 0 aromatic rings. The largest absolute Gasteiger partial charge is 0.481 e. The van der Waals surface area contributed by atoms with Crippen molar-refractivity contribution in [3.8, 4) is 0 Å². The van der Waals surface area contributed by atoms with Gasteiger partial charge < -0.3 is 31.7 Å². The summed E-state index contributed by atoms with van der Waals surface area (Å²) in [5, 5.41) is 27.5. The van der Waals surface area contributed by atoms with Gasteiger partial charge in [-0.25, -0.2) is 0 Å². The van der Waals surface area contributed by atoms with Crippen LogP contribution in [0.3, 0.4) is 0 Å². The molecule has 0 aliphatic carbocycles. The van der Waals surface area contributed by atoms with E-state index in [1.807, 2.05) is 0 Å². The number of rotatable bonds is 14. The number of aliphatic carboxylic acids is 1. The Morgan fingerprint density at radius 2 is 1.77 bits per heavy atom. The van der Waals surface area contributed by atoms with Crippen LogP contribution >= 0.6 is 12.2 Å². The van der Waals surface area contributed by atoms with Crippen molar-refractivity contribution in [2.24, 2.45) is 23.3 Å². The van der Waals surface area contributed by atoms with Crippen molar-refractivity contribution in [3.63, 3.8) is 0 Å². The third-order valence-electron chi connectivity index (χ3n) is 3.96. The summed E-state index contributed by atoms with van der Waals surface area (Å²) in [6.07, 6.45) is -1.56. The van der Waals surface area contributed by atoms with Crippen molar-refractivity contribution in [1.82, 2.24) is 4.90 Å². The van der Waals surface area contributed by atoms with Crippen LogP contribution in [0.4, 0.5) is 0 Å². The standard InChI is InChI=1S/C16H29N3O6S/c1-9(21)12(16(24)25)5-11(22)3-10(4-15(18)23)6-19(2)7-14(26)13(17)8-20/h9-10,12-13,20-21H,3-8,17H2,1-2H3,(H2,18,23)(H,24,25)/t9?,10-,12-,13-/m0/s1. The summed E-state index contributed by atoms with van der Waals surface area (Å²) in [7, 11) is 1.73. The molecule has 0 fully saturated rings. The molecule has 1 unspecified atom stereocenters. The molecule has 0 aromatic carbocycles. The number of nitrogens with zero attached hydrogens (tertiary/aromatic N) is 1. The Bertz CT molecular complexity index is 514. The third-order valence-corrected chi connectivity index (χ3v) is 4.39. The molecule has 0 saturated carbocycles. The molecule has 0 spiro atoms. The van der Waals surface area contributed by atoms with Crippen LogP contribution in [0.15, 0.2) is 0 Å². The number of carboxylic acids is 1. The zero-order valence-corrected chi connectivity index (χ0v) is 15.9. The molecule has 10 heteroatoms. The fraction of sp³-hybridized carbons (Fsp3) is 0.750. The van der Waals surface area contributed by atoms with Gasteiger partial charge >= 0.3 is 5.97 Å². The highest BCUT2D eigenvalue weighted by Gasteiger charge is 2.28. The first kappa shape index (κ1) is 24.5. The number of nitrogens with two attached hydrogens (primary N) is 2. The summed E-state index contributed by atoms with van der Waals surface area (Å²) >= 11 is 5.12. The van der Waals surface area contributed by atoms with Gasteiger partial charge in [-0.3, -0.25) is 14.4 Å². The van der Waals surface area contributed by atoms with E-state index in [0.717, 1.165) is 0 Å². The predicted octanol–water partition coefficient (Wildman–Crippen LogP) is -1.47. The van der Waals surface area contributed by atoms with E-state index in [1.165, 1.54) is 6.92 Å². The molecule has 0 heterocycles. The molecule has 0 aromatic heterocycles. The summed E-state index contributed by atoms with van der Waals surface area (Å²) in [5.41, 5.74) is 10.9. The number of ketones is 1. The summed E-state index contributed by atoms with van der Waals surface area (Å²) in [4.78, 5) is 36.8. The van der Waals surface area contributed by atoms with E-state index in [9.17, 15) is 19.5 Å². The number of carboxylic acid groups (broad SMARTS) is 1. The van der Waals surface area contributed by atoms with Crippen LogP contribution in [0.5, 0.6) is 0 Å². The van der Waals surface area contributed by atoms with Gasteiger partial charge in [0.2, 0.25) is 5.91 Å². The highest BCUT2D eigenvalue weighted by Crippen LogP contribution is 2.17. The minimum atomic E-state index is -1.25. The van der Waals surface area contributed by atoms with Gasteiger partial charge in [-0.15, -0.1) is 0 Å². The zero-order chi connectivity index (χ0) is 20.4. The maximum absolute atomic E-state index is 12.2. The molecule has 0 rings (SSSR count). The van der Waals surface area contributed by atoms with E-state index in [-0.39, 0.29) is 31.7 Å². The first-order chi connectivity index (χ1) is 12.0. The Morgan fingerprint density at radius 1 is 1.19 bits per heavy atom. The lowest BCUT2D eigenvalue weighted by molar-refractivity contribution is -0.147. The molecule has 150 valence electrons. The second-order valence-electron chi connectivity index (χ2n) is 6.62. The minimum absolute atomic E-state index is 0.0391. The van der Waals surface area contributed by atoms with Crippen LogP contribution in [0.25, 0.3) is 0 Å². The van der Waals surface area contributed by atoms with Crippen molar-refractivity contribution in [1.29, 1.82) is 0 Å². The molecular formula is C16H29N3O6S. The SMILES string of the molecule is CC(O)[C@H](CC(=O)C[C@@H](CC(N)=O)CN(C)CC(=S)[C@@H](N)CO)C(=O)O. The van der Waals surface area contributed by atoms with Crippen molar-refractivity contribution in [3.05, 3.63) is 0 Å². The quantitative estimate of drug-likeness (QED) is 0.222. The first-order valence-corrected chi connectivity index (χ1v) is 8.67. The third kappa shape index (κ3) is 9.88. The molecule has 0 bridgehead atoms. The fourth-order valence-corrected chi connectivity index (χ4v) is 2.89. The lowest BCUT2D eigenvalue weighted by atomic mass is 9.90. The maximum atomic E-state index is 12.2. The normalized spacial score (nSPS) is 15.9. The van der Waals surface area contributed by atoms with Gasteiger partial charge in [-0.2, -0.15) is 0 Å². The molecule has 0 saturated heterocycles. The molecule has 0 radical (unpaired) electrons. The predicted molar refractivity (Wildman–Crippen MR) is 99.5 cm³/mol. The Labute approximate surface area is 158 Å². The minimum Gasteiger partial charge on any atom is -0.481 e. The molecule has 0 aliphatic heterocycles. The number of aliphatic hydroxyl groups is 2. The molecule has 0 aliphatic rings. The van der Waals surface area contributed by atoms with Gasteiger partial charge in [0.15, 0.2) is 0 Å². The number of hydrogen-bond donors (Lipinski definition) is 5. The second kappa shape index (κ2) is 12.0. The average Bonchev–Trinajstić information content (AvgIpc) is 2.49. The highest BCUT2D eigenvalue weighted by molar-refractivity contribution is 7.80. The second-order valence-corrected chi connectivity index (χ2v) is 7.15. The van der Waals surface area contributed by atoms with Gasteiger partial charge in [-0.1, -0.05) is 12.2 Å². The fourth-order valence-electron chi connectivity index (χ4n) is 2.59. The Hall–Kier alpha value is -1.46. The van der Waals surface area contributed by atoms with Gasteiger partial charge in [0.25, 0.3) is 0 Å². The number of aliphatic hydroxyl groups excluding tert-OH is 2. The van der Waals surface area contributed by atoms with E-state index in [4.69, 9.17) is 33.9 Å². The van der Waals surface area contributed by atoms with E-state index in [0.29, 0.717) is 18.0 Å². The van der Waals surface area contributed by atoms with Crippen LogP contribution in [-0.2, 0) is 14.4 Å². The van der Waals surface area contributed by atoms with E-state index >= 15 is 0 Å². The van der Waals surface area contributed by atoms with Crippen LogP contribution < -0.4 is 11.5 Å². The van der Waals surface area contributed by atoms with Crippen LogP contribution in [0.2, 0.25) is 0 Å². The highest BCUT2D eigenvalue weighted by atomic mass is 32.1. The zero-order valence-electron chi connectivity index (χ0n) is 15.1. The van der Waals surface area contributed by atoms with E-state index in [1.54, 1.807) is 11.9 Å². The number of thiocarbonyl (C=S) groups is 1. The monoisotopic (exact) mass is 391 g/mol. The van der Waals surface area contributed by atoms with Crippen molar-refractivity contribution >= 4 is 34.7 Å². The summed E-state index contributed by atoms with van der Waals surface area (Å²) < 4.78 is 0. The first-order valence-electron chi connectivity index (χ1n) is 8.26. The molecule has 4 atom stereocenters. The van der Waals surface area contributed by atoms with Crippen LogP contribution in [-0.4, -0.2) is 81.6 Å². The summed E-state index contributed by atoms with van der Waals surface area (Å²) in [6, 6.07) is -0.633. The lowest BCUT2D eigenvalue weighted by Crippen LogP contribution is -2.41. The van der Waals surface area contributed by atoms with E-state index < -0.39 is 35.9 Å². The number of carbonyl (C=O) groups is 3. The number of Topliss-reactive ketones (excluding diaryl/α,β-unsaturated/α-hetero) is 1. The van der Waals surface area contributed by atoms with E-state index in [2.05, 4.69) is 0 Å². The number of amides is 1. The van der Waals surface area contributed by atoms with Crippen LogP contribution in [0.1, 0.15) is 26.2 Å². The Kier molecular flexibility index (Phi) is 11.3. The van der Waals surface area contributed by atoms with Gasteiger partial charge in [0.1, 0.15) is 5.78 Å². The summed E-state index contributed by atoms with van der Waals surface area (Å²) in [5.74, 6) is -3.80. The lowest BCUT2D eigenvalue weighted by Gasteiger charge is -2.25. The van der Waals surface area contributed by atoms with Crippen molar-refractivity contribution < 1.29 is 29.7 Å².